The van der Waals surface area contributed by atoms with Gasteiger partial charge in [-0.15, -0.1) is 0 Å². The van der Waals surface area contributed by atoms with Crippen molar-refractivity contribution in [2.45, 2.75) is 26.3 Å². The van der Waals surface area contributed by atoms with Gasteiger partial charge in [0.25, 0.3) is 0 Å². The van der Waals surface area contributed by atoms with Gasteiger partial charge in [-0.2, -0.15) is 0 Å². The molecule has 3 heterocycles. The van der Waals surface area contributed by atoms with E-state index in [1.54, 1.807) is 0 Å². The molecule has 3 aromatic rings. The topological polar surface area (TPSA) is 58.3 Å². The van der Waals surface area contributed by atoms with Gasteiger partial charge >= 0.3 is 0 Å². The molecule has 6 nitrogen and oxygen atoms in total. The van der Waals surface area contributed by atoms with Gasteiger partial charge in [0.1, 0.15) is 12.0 Å². The zero-order valence-corrected chi connectivity index (χ0v) is 15.0. The molecule has 1 saturated heterocycles. The molecule has 2 aromatic heterocycles. The summed E-state index contributed by atoms with van der Waals surface area (Å²) in [6.45, 7) is 7.70. The SMILES string of the molecule is CC(C)c1ncnc(N2CCN(Cc3noc4ccccc34)CC2)c1F. The minimum atomic E-state index is -0.293. The minimum Gasteiger partial charge on any atom is -0.356 e. The summed E-state index contributed by atoms with van der Waals surface area (Å²) in [5.74, 6) is 0.159. The lowest BCUT2D eigenvalue weighted by molar-refractivity contribution is 0.242. The highest BCUT2D eigenvalue weighted by molar-refractivity contribution is 5.79. The molecule has 0 saturated carbocycles. The molecule has 0 bridgehead atoms. The number of rotatable bonds is 4. The first-order valence-corrected chi connectivity index (χ1v) is 8.94. The molecule has 7 heteroatoms. The van der Waals surface area contributed by atoms with Crippen LogP contribution in [-0.4, -0.2) is 46.2 Å². The van der Waals surface area contributed by atoms with Gasteiger partial charge in [0.15, 0.2) is 17.2 Å². The highest BCUT2D eigenvalue weighted by atomic mass is 19.1. The van der Waals surface area contributed by atoms with Gasteiger partial charge in [0.2, 0.25) is 0 Å². The third-order valence-electron chi connectivity index (χ3n) is 4.84. The van der Waals surface area contributed by atoms with E-state index >= 15 is 0 Å². The van der Waals surface area contributed by atoms with Crippen LogP contribution in [0.1, 0.15) is 31.2 Å². The smallest absolute Gasteiger partial charge is 0.187 e. The average Bonchev–Trinajstić information content (AvgIpc) is 3.06. The van der Waals surface area contributed by atoms with Crippen molar-refractivity contribution in [1.29, 1.82) is 0 Å². The standard InChI is InChI=1S/C19H22FN5O/c1-13(2)18-17(20)19(22-12-21-18)25-9-7-24(8-10-25)11-15-14-5-3-4-6-16(14)26-23-15/h3-6,12-13H,7-11H2,1-2H3. The van der Waals surface area contributed by atoms with Crippen molar-refractivity contribution in [2.24, 2.45) is 0 Å². The Bertz CT molecular complexity index is 902. The Morgan fingerprint density at radius 2 is 1.88 bits per heavy atom. The van der Waals surface area contributed by atoms with E-state index in [0.717, 1.165) is 49.4 Å². The number of aromatic nitrogens is 3. The summed E-state index contributed by atoms with van der Waals surface area (Å²) in [6.07, 6.45) is 1.46. The summed E-state index contributed by atoms with van der Waals surface area (Å²) < 4.78 is 20.1. The van der Waals surface area contributed by atoms with Crippen LogP contribution in [0.3, 0.4) is 0 Å². The summed E-state index contributed by atoms with van der Waals surface area (Å²) in [4.78, 5) is 12.6. The maximum Gasteiger partial charge on any atom is 0.187 e. The lowest BCUT2D eigenvalue weighted by Crippen LogP contribution is -2.46. The molecule has 0 radical (unpaired) electrons. The molecular weight excluding hydrogens is 333 g/mol. The van der Waals surface area contributed by atoms with Crippen LogP contribution < -0.4 is 4.90 Å². The van der Waals surface area contributed by atoms with Gasteiger partial charge in [0.05, 0.1) is 5.69 Å². The zero-order valence-electron chi connectivity index (χ0n) is 15.0. The molecular formula is C19H22FN5O. The van der Waals surface area contributed by atoms with E-state index in [1.807, 2.05) is 43.0 Å². The molecule has 1 aromatic carbocycles. The quantitative estimate of drug-likeness (QED) is 0.716. The van der Waals surface area contributed by atoms with Crippen molar-refractivity contribution in [1.82, 2.24) is 20.0 Å². The maximum atomic E-state index is 14.7. The van der Waals surface area contributed by atoms with Crippen LogP contribution in [0.2, 0.25) is 0 Å². The Balaban J connectivity index is 1.44. The third kappa shape index (κ3) is 3.14. The number of fused-ring (bicyclic) bond motifs is 1. The summed E-state index contributed by atoms with van der Waals surface area (Å²) in [7, 11) is 0. The third-order valence-corrected chi connectivity index (χ3v) is 4.84. The zero-order chi connectivity index (χ0) is 18.1. The molecule has 1 fully saturated rings. The number of hydrogen-bond donors (Lipinski definition) is 0. The number of para-hydroxylation sites is 1. The fourth-order valence-corrected chi connectivity index (χ4v) is 3.38. The van der Waals surface area contributed by atoms with E-state index < -0.39 is 0 Å². The Morgan fingerprint density at radius 1 is 1.12 bits per heavy atom. The molecule has 0 atom stereocenters. The second-order valence-corrected chi connectivity index (χ2v) is 6.94. The van der Waals surface area contributed by atoms with E-state index in [1.165, 1.54) is 6.33 Å². The van der Waals surface area contributed by atoms with E-state index in [-0.39, 0.29) is 11.7 Å². The predicted molar refractivity (Wildman–Crippen MR) is 97.6 cm³/mol. The normalized spacial score (nSPS) is 15.9. The molecule has 1 aliphatic heterocycles. The van der Waals surface area contributed by atoms with Crippen molar-refractivity contribution in [2.75, 3.05) is 31.1 Å². The lowest BCUT2D eigenvalue weighted by atomic mass is 10.1. The molecule has 0 unspecified atom stereocenters. The Morgan fingerprint density at radius 3 is 2.65 bits per heavy atom. The van der Waals surface area contributed by atoms with Crippen LogP contribution in [0.5, 0.6) is 0 Å². The summed E-state index contributed by atoms with van der Waals surface area (Å²) in [5, 5.41) is 5.25. The van der Waals surface area contributed by atoms with Crippen molar-refractivity contribution in [3.63, 3.8) is 0 Å². The van der Waals surface area contributed by atoms with E-state index in [2.05, 4.69) is 20.0 Å². The van der Waals surface area contributed by atoms with Crippen LogP contribution in [0.4, 0.5) is 10.2 Å². The summed E-state index contributed by atoms with van der Waals surface area (Å²) >= 11 is 0. The monoisotopic (exact) mass is 355 g/mol. The van der Waals surface area contributed by atoms with Gasteiger partial charge in [-0.25, -0.2) is 14.4 Å². The Labute approximate surface area is 151 Å². The number of anilines is 1. The summed E-state index contributed by atoms with van der Waals surface area (Å²) in [5.41, 5.74) is 2.24. The first-order valence-electron chi connectivity index (χ1n) is 8.94. The van der Waals surface area contributed by atoms with Gasteiger partial charge < -0.3 is 9.42 Å². The molecule has 0 N–H and O–H groups in total. The van der Waals surface area contributed by atoms with Crippen molar-refractivity contribution >= 4 is 16.8 Å². The van der Waals surface area contributed by atoms with E-state index in [4.69, 9.17) is 4.52 Å². The van der Waals surface area contributed by atoms with Gasteiger partial charge in [-0.1, -0.05) is 31.1 Å². The van der Waals surface area contributed by atoms with Crippen LogP contribution >= 0.6 is 0 Å². The largest absolute Gasteiger partial charge is 0.356 e. The van der Waals surface area contributed by atoms with Crippen molar-refractivity contribution in [3.05, 3.63) is 47.8 Å². The predicted octanol–water partition coefficient (Wildman–Crippen LogP) is 3.20. The van der Waals surface area contributed by atoms with Crippen LogP contribution in [0.25, 0.3) is 11.0 Å². The fraction of sp³-hybridized carbons (Fsp3) is 0.421. The van der Waals surface area contributed by atoms with Crippen LogP contribution in [-0.2, 0) is 6.54 Å². The van der Waals surface area contributed by atoms with Gasteiger partial charge in [-0.05, 0) is 18.1 Å². The first kappa shape index (κ1) is 16.9. The average molecular weight is 355 g/mol. The summed E-state index contributed by atoms with van der Waals surface area (Å²) in [6, 6.07) is 7.89. The van der Waals surface area contributed by atoms with Crippen molar-refractivity contribution in [3.8, 4) is 0 Å². The molecule has 136 valence electrons. The Kier molecular flexibility index (Phi) is 4.55. The second kappa shape index (κ2) is 6.99. The molecule has 0 amide bonds. The van der Waals surface area contributed by atoms with Crippen LogP contribution in [0, 0.1) is 5.82 Å². The van der Waals surface area contributed by atoms with E-state index in [9.17, 15) is 4.39 Å². The number of hydrogen-bond acceptors (Lipinski definition) is 6. The number of benzene rings is 1. The molecule has 0 aliphatic carbocycles. The molecule has 26 heavy (non-hydrogen) atoms. The van der Waals surface area contributed by atoms with E-state index in [0.29, 0.717) is 11.5 Å². The van der Waals surface area contributed by atoms with Crippen molar-refractivity contribution < 1.29 is 8.91 Å². The Hall–Kier alpha value is -2.54. The molecule has 0 spiro atoms. The second-order valence-electron chi connectivity index (χ2n) is 6.94. The lowest BCUT2D eigenvalue weighted by Gasteiger charge is -2.35. The first-order chi connectivity index (χ1) is 12.6. The number of halogens is 1. The minimum absolute atomic E-state index is 0.0403. The highest BCUT2D eigenvalue weighted by Crippen LogP contribution is 2.25. The molecule has 1 aliphatic rings. The highest BCUT2D eigenvalue weighted by Gasteiger charge is 2.24. The number of nitrogens with zero attached hydrogens (tertiary/aromatic N) is 5. The van der Waals surface area contributed by atoms with Gasteiger partial charge in [0, 0.05) is 38.1 Å². The maximum absolute atomic E-state index is 14.7. The number of piperazine rings is 1. The van der Waals surface area contributed by atoms with Gasteiger partial charge in [-0.3, -0.25) is 4.90 Å². The molecule has 4 rings (SSSR count). The fourth-order valence-electron chi connectivity index (χ4n) is 3.38. The van der Waals surface area contributed by atoms with Crippen LogP contribution in [0.15, 0.2) is 35.1 Å².